The zero-order chi connectivity index (χ0) is 25.7. The van der Waals surface area contributed by atoms with Gasteiger partial charge >= 0.3 is 5.97 Å². The lowest BCUT2D eigenvalue weighted by Crippen LogP contribution is -2.34. The summed E-state index contributed by atoms with van der Waals surface area (Å²) in [7, 11) is 0. The highest BCUT2D eigenvalue weighted by atomic mass is 16.5. The summed E-state index contributed by atoms with van der Waals surface area (Å²) in [5.41, 5.74) is 2.14. The van der Waals surface area contributed by atoms with Gasteiger partial charge in [-0.15, -0.1) is 0 Å². The zero-order valence-electron chi connectivity index (χ0n) is 19.4. The first-order valence-corrected chi connectivity index (χ1v) is 11.2. The first-order valence-electron chi connectivity index (χ1n) is 11.2. The largest absolute Gasteiger partial charge is 0.427 e. The standard InChI is InChI=1S/C27H23N3O6/c1-17(31)36-20-9-6-8-18(15-20)25(33)29-23-12-5-2-7-19(23)16-28-24(32)13-14-30-26(34)21-10-3-4-11-22(21)27(30)35/h2-12,15H,13-14,16H2,1H3,(H,28,32)(H,29,33). The summed E-state index contributed by atoms with van der Waals surface area (Å²) in [6, 6.07) is 19.8. The molecule has 3 aromatic carbocycles. The van der Waals surface area contributed by atoms with Crippen LogP contribution in [0.3, 0.4) is 0 Å². The van der Waals surface area contributed by atoms with Crippen LogP contribution in [0.1, 0.15) is 50.0 Å². The molecule has 0 aromatic heterocycles. The number of fused-ring (bicyclic) bond motifs is 1. The van der Waals surface area contributed by atoms with Crippen molar-refractivity contribution in [3.8, 4) is 5.75 Å². The summed E-state index contributed by atoms with van der Waals surface area (Å²) in [4.78, 5) is 62.3. The molecule has 1 aliphatic heterocycles. The molecule has 0 spiro atoms. The molecule has 4 rings (SSSR count). The fourth-order valence-electron chi connectivity index (χ4n) is 3.80. The highest BCUT2D eigenvalue weighted by Gasteiger charge is 2.34. The topological polar surface area (TPSA) is 122 Å². The number of carbonyl (C=O) groups excluding carboxylic acids is 5. The number of nitrogens with one attached hydrogen (secondary N) is 2. The molecule has 36 heavy (non-hydrogen) atoms. The second kappa shape index (κ2) is 10.6. The van der Waals surface area contributed by atoms with Crippen molar-refractivity contribution in [1.82, 2.24) is 10.2 Å². The smallest absolute Gasteiger partial charge is 0.308 e. The molecule has 9 heteroatoms. The number of para-hydroxylation sites is 1. The van der Waals surface area contributed by atoms with E-state index in [1.54, 1.807) is 66.7 Å². The predicted molar refractivity (Wildman–Crippen MR) is 130 cm³/mol. The normalized spacial score (nSPS) is 12.2. The Labute approximate surface area is 207 Å². The van der Waals surface area contributed by atoms with Gasteiger partial charge in [-0.2, -0.15) is 0 Å². The zero-order valence-corrected chi connectivity index (χ0v) is 19.4. The Hall–Kier alpha value is -4.79. The highest BCUT2D eigenvalue weighted by molar-refractivity contribution is 6.21. The molecule has 9 nitrogen and oxygen atoms in total. The van der Waals surface area contributed by atoms with Crippen molar-refractivity contribution in [3.05, 3.63) is 95.1 Å². The number of carbonyl (C=O) groups is 5. The highest BCUT2D eigenvalue weighted by Crippen LogP contribution is 2.23. The van der Waals surface area contributed by atoms with Crippen LogP contribution in [0, 0.1) is 0 Å². The first kappa shape index (κ1) is 24.3. The Balaban J connectivity index is 1.34. The summed E-state index contributed by atoms with van der Waals surface area (Å²) in [6.07, 6.45) is -0.0526. The van der Waals surface area contributed by atoms with E-state index in [2.05, 4.69) is 10.6 Å². The summed E-state index contributed by atoms with van der Waals surface area (Å²) >= 11 is 0. The quantitative estimate of drug-likeness (QED) is 0.287. The Morgan fingerprint density at radius 2 is 1.53 bits per heavy atom. The molecule has 1 heterocycles. The van der Waals surface area contributed by atoms with Crippen LogP contribution in [0.5, 0.6) is 5.75 Å². The van der Waals surface area contributed by atoms with Gasteiger partial charge in [0.05, 0.1) is 11.1 Å². The van der Waals surface area contributed by atoms with E-state index in [0.717, 1.165) is 4.90 Å². The van der Waals surface area contributed by atoms with Crippen LogP contribution in [-0.2, 0) is 16.1 Å². The number of hydrogen-bond donors (Lipinski definition) is 2. The second-order valence-corrected chi connectivity index (χ2v) is 8.07. The Bertz CT molecular complexity index is 1330. The van der Waals surface area contributed by atoms with E-state index in [-0.39, 0.29) is 31.2 Å². The van der Waals surface area contributed by atoms with Crippen LogP contribution >= 0.6 is 0 Å². The van der Waals surface area contributed by atoms with Gasteiger partial charge in [-0.05, 0) is 42.0 Å². The number of nitrogens with zero attached hydrogens (tertiary/aromatic N) is 1. The molecule has 3 aromatic rings. The van der Waals surface area contributed by atoms with E-state index in [4.69, 9.17) is 4.74 Å². The first-order chi connectivity index (χ1) is 17.3. The van der Waals surface area contributed by atoms with E-state index in [1.165, 1.54) is 13.0 Å². The number of benzene rings is 3. The molecule has 0 saturated heterocycles. The fraction of sp³-hybridized carbons (Fsp3) is 0.148. The van der Waals surface area contributed by atoms with Crippen LogP contribution < -0.4 is 15.4 Å². The van der Waals surface area contributed by atoms with Crippen LogP contribution in [-0.4, -0.2) is 41.0 Å². The minimum atomic E-state index is -0.489. The molecule has 0 fully saturated rings. The average molecular weight is 485 g/mol. The molecule has 1 aliphatic rings. The van der Waals surface area contributed by atoms with E-state index in [1.807, 2.05) is 0 Å². The van der Waals surface area contributed by atoms with Gasteiger partial charge in [0.1, 0.15) is 5.75 Å². The Morgan fingerprint density at radius 3 is 2.22 bits per heavy atom. The maximum Gasteiger partial charge on any atom is 0.308 e. The second-order valence-electron chi connectivity index (χ2n) is 8.07. The van der Waals surface area contributed by atoms with E-state index >= 15 is 0 Å². The molecular formula is C27H23N3O6. The van der Waals surface area contributed by atoms with E-state index < -0.39 is 23.7 Å². The van der Waals surface area contributed by atoms with Gasteiger partial charge in [0.25, 0.3) is 17.7 Å². The van der Waals surface area contributed by atoms with Gasteiger partial charge in [-0.1, -0.05) is 36.4 Å². The molecule has 182 valence electrons. The molecule has 2 N–H and O–H groups in total. The van der Waals surface area contributed by atoms with Gasteiger partial charge in [-0.25, -0.2) is 0 Å². The van der Waals surface area contributed by atoms with Crippen molar-refractivity contribution < 1.29 is 28.7 Å². The molecule has 0 bridgehead atoms. The van der Waals surface area contributed by atoms with Crippen molar-refractivity contribution in [2.75, 3.05) is 11.9 Å². The van der Waals surface area contributed by atoms with Crippen molar-refractivity contribution in [2.45, 2.75) is 19.9 Å². The summed E-state index contributed by atoms with van der Waals surface area (Å²) in [5, 5.41) is 5.56. The minimum Gasteiger partial charge on any atom is -0.427 e. The van der Waals surface area contributed by atoms with Gasteiger partial charge in [0, 0.05) is 37.7 Å². The number of hydrogen-bond acceptors (Lipinski definition) is 6. The lowest BCUT2D eigenvalue weighted by molar-refractivity contribution is -0.131. The average Bonchev–Trinajstić information content (AvgIpc) is 3.11. The molecular weight excluding hydrogens is 462 g/mol. The number of amides is 4. The van der Waals surface area contributed by atoms with Crippen molar-refractivity contribution in [1.29, 1.82) is 0 Å². The van der Waals surface area contributed by atoms with Gasteiger partial charge in [0.15, 0.2) is 0 Å². The maximum absolute atomic E-state index is 12.7. The number of imide groups is 1. The SMILES string of the molecule is CC(=O)Oc1cccc(C(=O)Nc2ccccc2CNC(=O)CCN2C(=O)c3ccccc3C2=O)c1. The van der Waals surface area contributed by atoms with Gasteiger partial charge in [-0.3, -0.25) is 28.9 Å². The van der Waals surface area contributed by atoms with Crippen LogP contribution in [0.2, 0.25) is 0 Å². The van der Waals surface area contributed by atoms with Gasteiger partial charge in [0.2, 0.25) is 5.91 Å². The molecule has 0 atom stereocenters. The van der Waals surface area contributed by atoms with Crippen LogP contribution in [0.25, 0.3) is 0 Å². The monoisotopic (exact) mass is 485 g/mol. The van der Waals surface area contributed by atoms with Crippen LogP contribution in [0.15, 0.2) is 72.8 Å². The minimum absolute atomic E-state index is 0.0325. The summed E-state index contributed by atoms with van der Waals surface area (Å²) in [6.45, 7) is 1.37. The Morgan fingerprint density at radius 1 is 0.861 bits per heavy atom. The third-order valence-electron chi connectivity index (χ3n) is 5.54. The fourth-order valence-corrected chi connectivity index (χ4v) is 3.80. The van der Waals surface area contributed by atoms with Gasteiger partial charge < -0.3 is 15.4 Å². The summed E-state index contributed by atoms with van der Waals surface area (Å²) in [5.74, 6) is -1.80. The molecule has 0 saturated carbocycles. The predicted octanol–water partition coefficient (Wildman–Crippen LogP) is 3.17. The molecule has 0 aliphatic carbocycles. The van der Waals surface area contributed by atoms with Crippen molar-refractivity contribution in [2.24, 2.45) is 0 Å². The van der Waals surface area contributed by atoms with E-state index in [9.17, 15) is 24.0 Å². The molecule has 0 unspecified atom stereocenters. The number of ether oxygens (including phenoxy) is 1. The number of rotatable bonds is 8. The van der Waals surface area contributed by atoms with E-state index in [0.29, 0.717) is 27.9 Å². The number of anilines is 1. The Kier molecular flexibility index (Phi) is 7.20. The van der Waals surface area contributed by atoms with Crippen LogP contribution in [0.4, 0.5) is 5.69 Å². The lowest BCUT2D eigenvalue weighted by Gasteiger charge is -2.15. The third kappa shape index (κ3) is 5.47. The lowest BCUT2D eigenvalue weighted by atomic mass is 10.1. The van der Waals surface area contributed by atoms with Crippen molar-refractivity contribution in [3.63, 3.8) is 0 Å². The maximum atomic E-state index is 12.7. The third-order valence-corrected chi connectivity index (χ3v) is 5.54. The number of esters is 1. The molecule has 4 amide bonds. The molecule has 0 radical (unpaired) electrons. The summed E-state index contributed by atoms with van der Waals surface area (Å²) < 4.78 is 5.02. The van der Waals surface area contributed by atoms with Crippen molar-refractivity contribution >= 4 is 35.3 Å².